The van der Waals surface area contributed by atoms with Crippen LogP contribution in [-0.2, 0) is 20.7 Å². The lowest BCUT2D eigenvalue weighted by Crippen LogP contribution is -2.41. The van der Waals surface area contributed by atoms with Gasteiger partial charge in [-0.3, -0.25) is 19.7 Å². The van der Waals surface area contributed by atoms with Gasteiger partial charge in [0.25, 0.3) is 11.1 Å². The minimum absolute atomic E-state index is 0.0359. The fraction of sp³-hybridized carbons (Fsp3) is 0.258. The molecule has 0 aromatic heterocycles. The first-order valence-electron chi connectivity index (χ1n) is 12.9. The number of rotatable bonds is 7. The molecule has 2 fully saturated rings. The Labute approximate surface area is 232 Å². The van der Waals surface area contributed by atoms with Crippen LogP contribution in [0.25, 0.3) is 11.6 Å². The van der Waals surface area contributed by atoms with Gasteiger partial charge in [0.15, 0.2) is 0 Å². The van der Waals surface area contributed by atoms with Crippen molar-refractivity contribution in [2.45, 2.75) is 25.5 Å². The molecule has 1 unspecified atom stereocenters. The highest BCUT2D eigenvalue weighted by molar-refractivity contribution is 8.15. The number of imide groups is 1. The zero-order chi connectivity index (χ0) is 27.4. The average molecular weight is 543 g/mol. The van der Waals surface area contributed by atoms with Crippen molar-refractivity contribution in [2.24, 2.45) is 0 Å². The Kier molecular flexibility index (Phi) is 8.14. The Morgan fingerprint density at radius 1 is 1.00 bits per heavy atom. The summed E-state index contributed by atoms with van der Waals surface area (Å²) in [6.45, 7) is 6.27. The van der Waals surface area contributed by atoms with E-state index < -0.39 is 5.25 Å². The molecule has 200 valence electrons. The Morgan fingerprint density at radius 3 is 2.38 bits per heavy atom. The Hall–Kier alpha value is -3.88. The van der Waals surface area contributed by atoms with Crippen LogP contribution in [0.2, 0.25) is 0 Å². The molecular weight excluding hydrogens is 512 g/mol. The second-order valence-corrected chi connectivity index (χ2v) is 10.9. The maximum atomic E-state index is 13.7. The van der Waals surface area contributed by atoms with Crippen molar-refractivity contribution in [3.63, 3.8) is 0 Å². The number of carbonyl (C=O) groups is 3. The minimum Gasteiger partial charge on any atom is -0.457 e. The molecule has 2 aliphatic heterocycles. The Balaban J connectivity index is 1.38. The van der Waals surface area contributed by atoms with Crippen molar-refractivity contribution in [2.75, 3.05) is 26.3 Å². The topological polar surface area (TPSA) is 84.9 Å². The predicted molar refractivity (Wildman–Crippen MR) is 153 cm³/mol. The SMILES string of the molecule is Cc1cc(C)cc(/C=C(/C(=O)N2CCOCC2)c2cccc(Oc3ccc(CC4SC(=O)NC4=O)cc3)c2)c1. The molecule has 39 heavy (non-hydrogen) atoms. The molecular formula is C31H30N2O5S. The monoisotopic (exact) mass is 542 g/mol. The molecule has 2 aliphatic rings. The zero-order valence-corrected chi connectivity index (χ0v) is 22.8. The maximum absolute atomic E-state index is 13.7. The normalized spacial score (nSPS) is 17.7. The van der Waals surface area contributed by atoms with E-state index >= 15 is 0 Å². The Morgan fingerprint density at radius 2 is 1.72 bits per heavy atom. The van der Waals surface area contributed by atoms with Crippen LogP contribution < -0.4 is 10.1 Å². The van der Waals surface area contributed by atoms with E-state index in [9.17, 15) is 14.4 Å². The number of nitrogens with zero attached hydrogens (tertiary/aromatic N) is 1. The van der Waals surface area contributed by atoms with Crippen LogP contribution in [0.1, 0.15) is 27.8 Å². The van der Waals surface area contributed by atoms with Crippen molar-refractivity contribution < 1.29 is 23.9 Å². The van der Waals surface area contributed by atoms with E-state index in [-0.39, 0.29) is 17.1 Å². The molecule has 1 N–H and O–H groups in total. The second-order valence-electron chi connectivity index (χ2n) is 9.74. The van der Waals surface area contributed by atoms with Crippen LogP contribution in [0.3, 0.4) is 0 Å². The summed E-state index contributed by atoms with van der Waals surface area (Å²) >= 11 is 1.02. The van der Waals surface area contributed by atoms with Crippen LogP contribution in [0.4, 0.5) is 4.79 Å². The van der Waals surface area contributed by atoms with E-state index in [0.717, 1.165) is 39.6 Å². The number of thioether (sulfide) groups is 1. The summed E-state index contributed by atoms with van der Waals surface area (Å²) in [5.41, 5.74) is 5.56. The number of ether oxygens (including phenoxy) is 2. The standard InChI is InChI=1S/C31H30N2O5S/c1-20-14-21(2)16-23(15-20)17-27(30(35)33-10-12-37-13-11-33)24-4-3-5-26(19-24)38-25-8-6-22(7-9-25)18-28-29(34)32-31(36)39-28/h3-9,14-17,19,28H,10-13,18H2,1-2H3,(H,32,34,36)/b27-17+. The first kappa shape index (κ1) is 26.7. The lowest BCUT2D eigenvalue weighted by atomic mass is 9.99. The summed E-state index contributed by atoms with van der Waals surface area (Å²) in [7, 11) is 0. The third-order valence-corrected chi connectivity index (χ3v) is 7.56. The van der Waals surface area contributed by atoms with Crippen molar-refractivity contribution >= 4 is 40.5 Å². The first-order chi connectivity index (χ1) is 18.8. The van der Waals surface area contributed by atoms with Gasteiger partial charge in [-0.2, -0.15) is 0 Å². The van der Waals surface area contributed by atoms with Crippen molar-refractivity contribution in [1.82, 2.24) is 10.2 Å². The zero-order valence-electron chi connectivity index (χ0n) is 21.9. The van der Waals surface area contributed by atoms with E-state index in [2.05, 4.69) is 37.4 Å². The van der Waals surface area contributed by atoms with Gasteiger partial charge in [0.2, 0.25) is 5.91 Å². The number of benzene rings is 3. The fourth-order valence-corrected chi connectivity index (χ4v) is 5.62. The fourth-order valence-electron chi connectivity index (χ4n) is 4.76. The van der Waals surface area contributed by atoms with Crippen LogP contribution in [0.5, 0.6) is 11.5 Å². The van der Waals surface area contributed by atoms with Gasteiger partial charge in [-0.25, -0.2) is 0 Å². The van der Waals surface area contributed by atoms with E-state index in [0.29, 0.717) is 49.8 Å². The Bertz CT molecular complexity index is 1410. The van der Waals surface area contributed by atoms with Gasteiger partial charge in [0.05, 0.1) is 18.5 Å². The van der Waals surface area contributed by atoms with Gasteiger partial charge < -0.3 is 14.4 Å². The quantitative estimate of drug-likeness (QED) is 0.318. The van der Waals surface area contributed by atoms with E-state index in [1.54, 1.807) is 0 Å². The summed E-state index contributed by atoms with van der Waals surface area (Å²) in [6.07, 6.45) is 2.42. The lowest BCUT2D eigenvalue weighted by molar-refractivity contribution is -0.128. The van der Waals surface area contributed by atoms with Gasteiger partial charge in [-0.05, 0) is 67.3 Å². The largest absolute Gasteiger partial charge is 0.457 e. The molecule has 3 amide bonds. The second kappa shape index (κ2) is 11.9. The number of carbonyl (C=O) groups excluding carboxylic acids is 3. The third kappa shape index (κ3) is 6.77. The summed E-state index contributed by atoms with van der Waals surface area (Å²) < 4.78 is 11.6. The summed E-state index contributed by atoms with van der Waals surface area (Å²) in [4.78, 5) is 38.8. The van der Waals surface area contributed by atoms with Gasteiger partial charge in [-0.1, -0.05) is 65.4 Å². The predicted octanol–water partition coefficient (Wildman–Crippen LogP) is 5.39. The van der Waals surface area contributed by atoms with Crippen LogP contribution in [0, 0.1) is 13.8 Å². The highest BCUT2D eigenvalue weighted by Crippen LogP contribution is 2.29. The number of amides is 3. The smallest absolute Gasteiger partial charge is 0.286 e. The van der Waals surface area contributed by atoms with E-state index in [1.165, 1.54) is 0 Å². The molecule has 0 aliphatic carbocycles. The summed E-state index contributed by atoms with van der Waals surface area (Å²) in [5, 5.41) is 1.60. The molecule has 3 aromatic rings. The molecule has 2 saturated heterocycles. The van der Waals surface area contributed by atoms with Crippen molar-refractivity contribution in [3.8, 4) is 11.5 Å². The molecule has 0 bridgehead atoms. The molecule has 8 heteroatoms. The van der Waals surface area contributed by atoms with E-state index in [1.807, 2.05) is 59.5 Å². The molecule has 2 heterocycles. The van der Waals surface area contributed by atoms with Crippen molar-refractivity contribution in [1.29, 1.82) is 0 Å². The highest BCUT2D eigenvalue weighted by atomic mass is 32.2. The molecule has 0 radical (unpaired) electrons. The average Bonchev–Trinajstić information content (AvgIpc) is 3.24. The molecule has 1 atom stereocenters. The number of hydrogen-bond donors (Lipinski definition) is 1. The van der Waals surface area contributed by atoms with Gasteiger partial charge in [-0.15, -0.1) is 0 Å². The van der Waals surface area contributed by atoms with E-state index in [4.69, 9.17) is 9.47 Å². The molecule has 3 aromatic carbocycles. The first-order valence-corrected chi connectivity index (χ1v) is 13.8. The number of morpholine rings is 1. The van der Waals surface area contributed by atoms with Gasteiger partial charge in [0.1, 0.15) is 11.5 Å². The maximum Gasteiger partial charge on any atom is 0.286 e. The number of aryl methyl sites for hydroxylation is 2. The summed E-state index contributed by atoms with van der Waals surface area (Å²) in [5.74, 6) is 0.956. The van der Waals surface area contributed by atoms with Crippen LogP contribution in [-0.4, -0.2) is 53.5 Å². The minimum atomic E-state index is -0.410. The number of nitrogens with one attached hydrogen (secondary N) is 1. The lowest BCUT2D eigenvalue weighted by Gasteiger charge is -2.28. The highest BCUT2D eigenvalue weighted by Gasteiger charge is 2.31. The number of hydrogen-bond acceptors (Lipinski definition) is 6. The van der Waals surface area contributed by atoms with Crippen LogP contribution in [0.15, 0.2) is 66.7 Å². The van der Waals surface area contributed by atoms with Crippen LogP contribution >= 0.6 is 11.8 Å². The molecule has 7 nitrogen and oxygen atoms in total. The summed E-state index contributed by atoms with van der Waals surface area (Å²) in [6, 6.07) is 21.3. The molecule has 5 rings (SSSR count). The van der Waals surface area contributed by atoms with Gasteiger partial charge in [0, 0.05) is 18.7 Å². The molecule has 0 saturated carbocycles. The third-order valence-electron chi connectivity index (χ3n) is 6.58. The van der Waals surface area contributed by atoms with Crippen molar-refractivity contribution in [3.05, 3.63) is 94.5 Å². The van der Waals surface area contributed by atoms with Gasteiger partial charge >= 0.3 is 0 Å². The molecule has 0 spiro atoms.